The van der Waals surface area contributed by atoms with Crippen LogP contribution in [0.1, 0.15) is 34.1 Å². The van der Waals surface area contributed by atoms with Crippen LogP contribution in [0.25, 0.3) is 5.73 Å². The number of allylic oxidation sites excluding steroid dienone is 1. The maximum Gasteiger partial charge on any atom is 0.226 e. The minimum Gasteiger partial charge on any atom is -0.655 e. The van der Waals surface area contributed by atoms with Gasteiger partial charge in [-0.15, -0.1) is 0 Å². The van der Waals surface area contributed by atoms with Crippen molar-refractivity contribution >= 4 is 23.4 Å². The molecule has 0 saturated heterocycles. The standard InChI is InChI=1S/C22H35N4O6S.C6H12O.W/c1-18(2)25-7-9-29-11-10-28-8-6-21(27)26-19-4-3-5-20(14-19)32-15-22(33-17-24)31-13-12-30-16-23;1-6(2)4-3-5-7;/h3-5,14,18,22-23,25H,6-13,15-16H2,1-2H3,(H,26,27);3-4,6-7H,5H2,1-2H3;/q-1;;/b;4-3+;. The van der Waals surface area contributed by atoms with Gasteiger partial charge in [0, 0.05) is 45.4 Å². The van der Waals surface area contributed by atoms with Crippen LogP contribution in [0.5, 0.6) is 5.75 Å². The summed E-state index contributed by atoms with van der Waals surface area (Å²) in [7, 11) is 0. The zero-order chi connectivity index (χ0) is 29.8. The normalized spacial score (nSPS) is 11.5. The van der Waals surface area contributed by atoms with Crippen LogP contribution in [0.2, 0.25) is 0 Å². The van der Waals surface area contributed by atoms with Gasteiger partial charge in [0.05, 0.1) is 52.7 Å². The molecule has 1 aromatic carbocycles. The van der Waals surface area contributed by atoms with Gasteiger partial charge in [-0.3, -0.25) is 4.79 Å². The molecule has 1 unspecified atom stereocenters. The first-order valence-electron chi connectivity index (χ1n) is 13.4. The van der Waals surface area contributed by atoms with E-state index in [1.54, 1.807) is 30.3 Å². The number of rotatable bonds is 22. The van der Waals surface area contributed by atoms with Crippen LogP contribution in [0.3, 0.4) is 0 Å². The van der Waals surface area contributed by atoms with Crippen molar-refractivity contribution in [2.45, 2.75) is 45.6 Å². The molecule has 0 heterocycles. The van der Waals surface area contributed by atoms with E-state index in [4.69, 9.17) is 39.8 Å². The van der Waals surface area contributed by atoms with Gasteiger partial charge >= 0.3 is 0 Å². The van der Waals surface area contributed by atoms with Crippen LogP contribution >= 0.6 is 11.8 Å². The number of anilines is 1. The fraction of sp³-hybridized carbons (Fsp3) is 0.643. The van der Waals surface area contributed by atoms with Crippen LogP contribution in [0.4, 0.5) is 5.69 Å². The van der Waals surface area contributed by atoms with Crippen LogP contribution in [0.15, 0.2) is 36.4 Å². The van der Waals surface area contributed by atoms with Gasteiger partial charge in [0.25, 0.3) is 0 Å². The summed E-state index contributed by atoms with van der Waals surface area (Å²) in [5.74, 6) is 0.944. The van der Waals surface area contributed by atoms with Crippen LogP contribution in [0, 0.1) is 16.6 Å². The summed E-state index contributed by atoms with van der Waals surface area (Å²) in [5, 5.41) is 25.2. The Hall–Kier alpha value is -1.52. The first-order chi connectivity index (χ1) is 19.3. The number of aliphatic hydroxyl groups excluding tert-OH is 1. The number of nitrogens with one attached hydrogen (secondary N) is 3. The first kappa shape index (κ1) is 41.6. The fourth-order valence-electron chi connectivity index (χ4n) is 2.78. The second-order valence-electron chi connectivity index (χ2n) is 8.89. The topological polar surface area (TPSA) is 155 Å². The zero-order valence-electron chi connectivity index (χ0n) is 24.6. The van der Waals surface area contributed by atoms with E-state index in [9.17, 15) is 4.79 Å². The van der Waals surface area contributed by atoms with Gasteiger partial charge < -0.3 is 45.2 Å². The van der Waals surface area contributed by atoms with Gasteiger partial charge in [-0.1, -0.05) is 45.9 Å². The summed E-state index contributed by atoms with van der Waals surface area (Å²) in [5.41, 5.74) is 7.04. The quantitative estimate of drug-likeness (QED) is 0.0678. The van der Waals surface area contributed by atoms with E-state index in [0.29, 0.717) is 49.8 Å². The second kappa shape index (κ2) is 30.0. The molecule has 0 aliphatic rings. The largest absolute Gasteiger partial charge is 0.655 e. The summed E-state index contributed by atoms with van der Waals surface area (Å²) in [6.45, 7) is 11.7. The molecule has 0 aliphatic carbocycles. The van der Waals surface area contributed by atoms with Gasteiger partial charge in [-0.05, 0) is 36.5 Å². The zero-order valence-corrected chi connectivity index (χ0v) is 28.4. The molecule has 1 amide bonds. The van der Waals surface area contributed by atoms with E-state index in [-0.39, 0.29) is 66.6 Å². The number of hydrogen-bond donors (Lipinski definition) is 3. The van der Waals surface area contributed by atoms with Crippen LogP contribution in [-0.2, 0) is 44.8 Å². The van der Waals surface area contributed by atoms with Gasteiger partial charge in [0.1, 0.15) is 17.8 Å². The van der Waals surface area contributed by atoms with Crippen molar-refractivity contribution in [3.05, 3.63) is 42.2 Å². The first-order valence-corrected chi connectivity index (χ1v) is 14.3. The van der Waals surface area contributed by atoms with E-state index < -0.39 is 5.44 Å². The number of nitriles is 1. The number of carbonyl (C=O) groups excluding carboxylic acids is 1. The molecule has 0 aromatic heterocycles. The number of benzene rings is 1. The average molecular weight is 768 g/mol. The monoisotopic (exact) mass is 767 g/mol. The van der Waals surface area contributed by atoms with Crippen molar-refractivity contribution in [2.75, 3.05) is 71.4 Å². The number of aliphatic hydroxyl groups is 1. The molecule has 1 rings (SSSR count). The van der Waals surface area contributed by atoms with Gasteiger partial charge in [0.15, 0.2) is 5.44 Å². The summed E-state index contributed by atoms with van der Waals surface area (Å²) in [4.78, 5) is 12.1. The Morgan fingerprint density at radius 2 is 1.80 bits per heavy atom. The number of ether oxygens (including phenoxy) is 5. The molecule has 234 valence electrons. The van der Waals surface area contributed by atoms with Gasteiger partial charge in [-0.25, -0.2) is 0 Å². The molecule has 4 N–H and O–H groups in total. The Bertz CT molecular complexity index is 829. The number of amides is 1. The second-order valence-corrected chi connectivity index (χ2v) is 9.83. The Morgan fingerprint density at radius 1 is 1.10 bits per heavy atom. The van der Waals surface area contributed by atoms with E-state index in [2.05, 4.69) is 38.3 Å². The van der Waals surface area contributed by atoms with E-state index in [1.165, 1.54) is 0 Å². The third-order valence-electron chi connectivity index (χ3n) is 4.59. The molecule has 11 nitrogen and oxygen atoms in total. The van der Waals surface area contributed by atoms with Crippen molar-refractivity contribution in [2.24, 2.45) is 5.92 Å². The Morgan fingerprint density at radius 3 is 2.41 bits per heavy atom. The van der Waals surface area contributed by atoms with Gasteiger partial charge in [0.2, 0.25) is 5.91 Å². The number of nitrogens with zero attached hydrogens (tertiary/aromatic N) is 1. The molecule has 0 aliphatic heterocycles. The fourth-order valence-corrected chi connectivity index (χ4v) is 3.19. The van der Waals surface area contributed by atoms with E-state index in [0.717, 1.165) is 18.3 Å². The minimum absolute atomic E-state index is 0. The number of carbonyl (C=O) groups is 1. The Labute approximate surface area is 264 Å². The van der Waals surface area contributed by atoms with Crippen molar-refractivity contribution in [1.29, 1.82) is 5.26 Å². The third kappa shape index (κ3) is 28.4. The summed E-state index contributed by atoms with van der Waals surface area (Å²) >= 11 is 0.948. The molecule has 13 heteroatoms. The molecule has 0 fully saturated rings. The van der Waals surface area contributed by atoms with Crippen molar-refractivity contribution in [3.8, 4) is 11.2 Å². The molecule has 1 atom stereocenters. The van der Waals surface area contributed by atoms with Crippen LogP contribution in [-0.4, -0.2) is 88.6 Å². The molecule has 1 aromatic rings. The van der Waals surface area contributed by atoms with E-state index >= 15 is 0 Å². The van der Waals surface area contributed by atoms with Gasteiger partial charge in [-0.2, -0.15) is 5.26 Å². The number of thiocyanates is 1. The molecule has 0 bridgehead atoms. The maximum absolute atomic E-state index is 12.1. The maximum atomic E-state index is 12.1. The summed E-state index contributed by atoms with van der Waals surface area (Å²) in [6, 6.07) is 7.43. The van der Waals surface area contributed by atoms with Crippen LogP contribution < -0.4 is 15.4 Å². The van der Waals surface area contributed by atoms with E-state index in [1.807, 2.05) is 11.5 Å². The predicted octanol–water partition coefficient (Wildman–Crippen LogP) is 4.20. The molecule has 41 heavy (non-hydrogen) atoms. The molecule has 0 spiro atoms. The van der Waals surface area contributed by atoms with Crippen molar-refractivity contribution < 1.29 is 54.7 Å². The number of hydrogen-bond acceptors (Lipinski definition) is 10. The smallest absolute Gasteiger partial charge is 0.226 e. The van der Waals surface area contributed by atoms with Crippen molar-refractivity contribution in [3.63, 3.8) is 0 Å². The molecular weight excluding hydrogens is 720 g/mol. The average Bonchev–Trinajstić information content (AvgIpc) is 2.92. The Balaban J connectivity index is 0. The number of thioether (sulfide) groups is 1. The minimum atomic E-state index is -0.491. The Kier molecular flexibility index (Phi) is 30.4. The molecular formula is C28H47N4O7SW-. The summed E-state index contributed by atoms with van der Waals surface area (Å²) < 4.78 is 27.0. The molecule has 0 radical (unpaired) electrons. The SMILES string of the molecule is CC(C)/C=C/CO.CC(C)NCCOCCOCCC(=O)Nc1cccc(OCC(OCCOC[NH-])SC#N)c1.[W]. The van der Waals surface area contributed by atoms with Crippen molar-refractivity contribution in [1.82, 2.24) is 5.32 Å². The predicted molar refractivity (Wildman–Crippen MR) is 159 cm³/mol. The third-order valence-corrected chi connectivity index (χ3v) is 5.23. The molecule has 0 saturated carbocycles. The summed E-state index contributed by atoms with van der Waals surface area (Å²) in [6.07, 6.45) is 3.96.